The number of hydrogen-bond acceptors (Lipinski definition) is 2. The molecule has 0 fully saturated rings. The van der Waals surface area contributed by atoms with Crippen molar-refractivity contribution in [3.63, 3.8) is 0 Å². The Balaban J connectivity index is 1.40. The number of pyridine rings is 1. The first kappa shape index (κ1) is 22.7. The van der Waals surface area contributed by atoms with E-state index < -0.39 is 0 Å². The fourth-order valence-corrected chi connectivity index (χ4v) is 7.92. The Bertz CT molecular complexity index is 2320. The third-order valence-electron chi connectivity index (χ3n) is 8.52. The number of hydrogen-bond donors (Lipinski definition) is 0. The van der Waals surface area contributed by atoms with E-state index in [-0.39, 0.29) is 0 Å². The summed E-state index contributed by atoms with van der Waals surface area (Å²) in [4.78, 5) is 4.93. The molecule has 0 atom stereocenters. The number of rotatable bonds is 1. The van der Waals surface area contributed by atoms with Gasteiger partial charge in [-0.2, -0.15) is 0 Å². The van der Waals surface area contributed by atoms with Gasteiger partial charge in [-0.05, 0) is 74.3 Å². The van der Waals surface area contributed by atoms with Gasteiger partial charge in [0.05, 0.1) is 5.52 Å². The molecule has 1 aliphatic rings. The Morgan fingerprint density at radius 3 is 1.54 bits per heavy atom. The molecule has 2 aromatic heterocycles. The Labute approximate surface area is 242 Å². The zero-order valence-corrected chi connectivity index (χ0v) is 23.0. The summed E-state index contributed by atoms with van der Waals surface area (Å²) >= 11 is 1.88. The van der Waals surface area contributed by atoms with E-state index in [2.05, 4.69) is 133 Å². The van der Waals surface area contributed by atoms with Crippen LogP contribution in [0.4, 0.5) is 0 Å². The maximum atomic E-state index is 4.93. The van der Waals surface area contributed by atoms with Crippen molar-refractivity contribution in [2.75, 3.05) is 0 Å². The van der Waals surface area contributed by atoms with Crippen LogP contribution in [0.5, 0.6) is 0 Å². The summed E-state index contributed by atoms with van der Waals surface area (Å²) in [5, 5.41) is 3.81. The van der Waals surface area contributed by atoms with Crippen LogP contribution in [0.25, 0.3) is 86.7 Å². The van der Waals surface area contributed by atoms with Crippen LogP contribution < -0.4 is 0 Å². The van der Waals surface area contributed by atoms with Crippen LogP contribution in [0.3, 0.4) is 0 Å². The summed E-state index contributed by atoms with van der Waals surface area (Å²) in [6, 6.07) is 48.8. The highest BCUT2D eigenvalue weighted by Gasteiger charge is 2.23. The molecule has 1 nitrogen and oxygen atoms in total. The minimum Gasteiger partial charge on any atom is -0.256 e. The van der Waals surface area contributed by atoms with Gasteiger partial charge in [-0.15, -0.1) is 11.3 Å². The fraction of sp³-hybridized carbons (Fsp3) is 0. The van der Waals surface area contributed by atoms with Gasteiger partial charge in [0.1, 0.15) is 0 Å². The smallest absolute Gasteiger partial charge is 0.0714 e. The summed E-state index contributed by atoms with van der Waals surface area (Å²) in [5.41, 5.74) is 13.5. The van der Waals surface area contributed by atoms with Gasteiger partial charge in [0.25, 0.3) is 0 Å². The second-order valence-electron chi connectivity index (χ2n) is 10.7. The average molecular weight is 538 g/mol. The lowest BCUT2D eigenvalue weighted by Crippen LogP contribution is -1.98. The van der Waals surface area contributed by atoms with Gasteiger partial charge in [-0.3, -0.25) is 4.98 Å². The highest BCUT2D eigenvalue weighted by Crippen LogP contribution is 2.49. The van der Waals surface area contributed by atoms with Crippen molar-refractivity contribution < 1.29 is 0 Å². The summed E-state index contributed by atoms with van der Waals surface area (Å²) in [6.07, 6.45) is 1.97. The molecule has 0 saturated heterocycles. The Morgan fingerprint density at radius 2 is 0.878 bits per heavy atom. The number of aromatic nitrogens is 1. The summed E-state index contributed by atoms with van der Waals surface area (Å²) in [6.45, 7) is 0. The Hall–Kier alpha value is -5.05. The highest BCUT2D eigenvalue weighted by molar-refractivity contribution is 7.26. The van der Waals surface area contributed by atoms with E-state index in [1.54, 1.807) is 0 Å². The molecule has 9 rings (SSSR count). The molecule has 0 saturated carbocycles. The molecule has 2 heterocycles. The normalized spacial score (nSPS) is 11.9. The van der Waals surface area contributed by atoms with E-state index in [0.29, 0.717) is 0 Å². The van der Waals surface area contributed by atoms with E-state index in [4.69, 9.17) is 4.98 Å². The lowest BCUT2D eigenvalue weighted by Gasteiger charge is -2.23. The van der Waals surface area contributed by atoms with Gasteiger partial charge in [0.2, 0.25) is 0 Å². The molecule has 1 aliphatic carbocycles. The van der Waals surface area contributed by atoms with Crippen LogP contribution in [0.1, 0.15) is 0 Å². The summed E-state index contributed by atoms with van der Waals surface area (Å²) < 4.78 is 2.65. The maximum absolute atomic E-state index is 4.93. The lowest BCUT2D eigenvalue weighted by atomic mass is 9.80. The van der Waals surface area contributed by atoms with E-state index in [1.807, 2.05) is 17.5 Å². The minimum atomic E-state index is 1.01. The van der Waals surface area contributed by atoms with Crippen molar-refractivity contribution in [3.05, 3.63) is 140 Å². The first-order chi connectivity index (χ1) is 20.3. The number of nitrogens with zero attached hydrogens (tertiary/aromatic N) is 1. The molecule has 8 aromatic rings. The SMILES string of the molecule is c1ccc2c(c1)-c1ccccc1-c1cc3nccc(-c4cccc5c4sc4ccccc45)c3cc1-c1ccccc1-2. The molecule has 0 unspecified atom stereocenters. The van der Waals surface area contributed by atoms with E-state index in [0.717, 1.165) is 5.52 Å². The Kier molecular flexibility index (Phi) is 4.84. The van der Waals surface area contributed by atoms with E-state index in [1.165, 1.54) is 81.2 Å². The van der Waals surface area contributed by atoms with Crippen molar-refractivity contribution in [2.24, 2.45) is 0 Å². The number of fused-ring (bicyclic) bond motifs is 12. The average Bonchev–Trinajstić information content (AvgIpc) is 3.42. The monoisotopic (exact) mass is 537 g/mol. The second-order valence-corrected chi connectivity index (χ2v) is 11.7. The van der Waals surface area contributed by atoms with E-state index >= 15 is 0 Å². The quantitative estimate of drug-likeness (QED) is 0.203. The van der Waals surface area contributed by atoms with Gasteiger partial charge >= 0.3 is 0 Å². The van der Waals surface area contributed by atoms with Crippen LogP contribution in [-0.2, 0) is 0 Å². The van der Waals surface area contributed by atoms with Gasteiger partial charge in [-0.25, -0.2) is 0 Å². The van der Waals surface area contributed by atoms with Crippen molar-refractivity contribution >= 4 is 42.4 Å². The summed E-state index contributed by atoms with van der Waals surface area (Å²) in [5.74, 6) is 0. The van der Waals surface area contributed by atoms with Crippen LogP contribution in [0.2, 0.25) is 0 Å². The first-order valence-corrected chi connectivity index (χ1v) is 14.8. The molecule has 0 N–H and O–H groups in total. The molecule has 0 radical (unpaired) electrons. The van der Waals surface area contributed by atoms with Crippen LogP contribution >= 0.6 is 11.3 Å². The predicted octanol–water partition coefficient (Wildman–Crippen LogP) is 11.3. The standard InChI is InChI=1S/C39H23NS/c1-2-11-25-24(10-1)26-12-3-5-14-28(26)34-22-36-30(20-21-40-37(36)23-35(34)29-15-6-4-13-27(25)29)32-17-9-18-33-31-16-7-8-19-38(31)41-39(32)33/h1-23H. The first-order valence-electron chi connectivity index (χ1n) is 14.0. The van der Waals surface area contributed by atoms with Crippen molar-refractivity contribution in [1.82, 2.24) is 4.98 Å². The van der Waals surface area contributed by atoms with E-state index in [9.17, 15) is 0 Å². The lowest BCUT2D eigenvalue weighted by molar-refractivity contribution is 1.41. The molecule has 0 amide bonds. The third-order valence-corrected chi connectivity index (χ3v) is 9.74. The molecule has 41 heavy (non-hydrogen) atoms. The minimum absolute atomic E-state index is 1.01. The zero-order valence-electron chi connectivity index (χ0n) is 22.1. The number of benzene rings is 6. The second kappa shape index (κ2) is 8.72. The van der Waals surface area contributed by atoms with Gasteiger partial charge in [0, 0.05) is 37.3 Å². The van der Waals surface area contributed by atoms with Crippen molar-refractivity contribution in [3.8, 4) is 55.6 Å². The Morgan fingerprint density at radius 1 is 0.366 bits per heavy atom. The molecule has 0 bridgehead atoms. The fourth-order valence-electron chi connectivity index (χ4n) is 6.69. The molecule has 0 spiro atoms. The van der Waals surface area contributed by atoms with Gasteiger partial charge in [-0.1, -0.05) is 109 Å². The molecule has 6 aromatic carbocycles. The topological polar surface area (TPSA) is 12.9 Å². The maximum Gasteiger partial charge on any atom is 0.0714 e. The highest BCUT2D eigenvalue weighted by atomic mass is 32.1. The predicted molar refractivity (Wildman–Crippen MR) is 175 cm³/mol. The van der Waals surface area contributed by atoms with Crippen LogP contribution in [0.15, 0.2) is 140 Å². The van der Waals surface area contributed by atoms with Crippen molar-refractivity contribution in [2.45, 2.75) is 0 Å². The number of thiophene rings is 1. The molecular formula is C39H23NS. The molecule has 190 valence electrons. The van der Waals surface area contributed by atoms with Crippen molar-refractivity contribution in [1.29, 1.82) is 0 Å². The molecule has 2 heteroatoms. The zero-order chi connectivity index (χ0) is 26.9. The summed E-state index contributed by atoms with van der Waals surface area (Å²) in [7, 11) is 0. The third kappa shape index (κ3) is 3.32. The van der Waals surface area contributed by atoms with Crippen LogP contribution in [0, 0.1) is 0 Å². The van der Waals surface area contributed by atoms with Crippen LogP contribution in [-0.4, -0.2) is 4.98 Å². The van der Waals surface area contributed by atoms with Gasteiger partial charge < -0.3 is 0 Å². The molecular weight excluding hydrogens is 515 g/mol. The van der Waals surface area contributed by atoms with Gasteiger partial charge in [0.15, 0.2) is 0 Å². The largest absolute Gasteiger partial charge is 0.256 e. The molecule has 0 aliphatic heterocycles.